The zero-order valence-electron chi connectivity index (χ0n) is 10.2. The van der Waals surface area contributed by atoms with Crippen molar-refractivity contribution in [2.45, 2.75) is 25.7 Å². The van der Waals surface area contributed by atoms with Gasteiger partial charge in [-0.1, -0.05) is 24.4 Å². The Hall–Kier alpha value is -0.520. The molecule has 0 aliphatic rings. The number of hydrogen-bond donors (Lipinski definition) is 0. The molecule has 0 N–H and O–H groups in total. The Morgan fingerprint density at radius 2 is 1.84 bits per heavy atom. The van der Waals surface area contributed by atoms with Gasteiger partial charge in [0, 0.05) is 16.7 Å². The van der Waals surface area contributed by atoms with Crippen molar-refractivity contribution in [1.82, 2.24) is 0 Å². The summed E-state index contributed by atoms with van der Waals surface area (Å²) in [5.74, 6) is 0.0502. The van der Waals surface area contributed by atoms with Crippen LogP contribution in [0.3, 0.4) is 0 Å². The predicted molar refractivity (Wildman–Crippen MR) is 75.0 cm³/mol. The van der Waals surface area contributed by atoms with Gasteiger partial charge in [0.1, 0.15) is 11.6 Å². The molecule has 108 valence electrons. The Labute approximate surface area is 122 Å². The molecular weight excluding hydrogens is 314 g/mol. The zero-order valence-corrected chi connectivity index (χ0v) is 12.6. The van der Waals surface area contributed by atoms with E-state index >= 15 is 0 Å². The average Bonchev–Trinajstić information content (AvgIpc) is 2.31. The molecule has 3 nitrogen and oxygen atoms in total. The van der Waals surface area contributed by atoms with E-state index in [1.165, 1.54) is 18.2 Å². The first kappa shape index (κ1) is 16.5. The Balaban J connectivity index is 2.12. The van der Waals surface area contributed by atoms with Gasteiger partial charge in [0.05, 0.1) is 17.4 Å². The number of ether oxygens (including phenoxy) is 1. The van der Waals surface area contributed by atoms with Crippen molar-refractivity contribution in [3.05, 3.63) is 29.0 Å². The monoisotopic (exact) mass is 328 g/mol. The van der Waals surface area contributed by atoms with Crippen LogP contribution < -0.4 is 4.74 Å². The Morgan fingerprint density at radius 3 is 2.47 bits per heavy atom. The quantitative estimate of drug-likeness (QED) is 0.535. The van der Waals surface area contributed by atoms with Crippen LogP contribution in [-0.4, -0.2) is 20.8 Å². The molecule has 0 amide bonds. The van der Waals surface area contributed by atoms with E-state index in [4.69, 9.17) is 27.0 Å². The second-order valence-electron chi connectivity index (χ2n) is 4.08. The van der Waals surface area contributed by atoms with Crippen LogP contribution in [0.2, 0.25) is 5.02 Å². The molecule has 0 unspecified atom stereocenters. The molecule has 1 rings (SSSR count). The lowest BCUT2D eigenvalue weighted by Crippen LogP contribution is -1.99. The van der Waals surface area contributed by atoms with E-state index in [0.717, 1.165) is 19.3 Å². The maximum Gasteiger partial charge on any atom is 0.232 e. The third-order valence-corrected chi connectivity index (χ3v) is 3.97. The Kier molecular flexibility index (Phi) is 6.89. The molecule has 7 heteroatoms. The maximum atomic E-state index is 12.9. The summed E-state index contributed by atoms with van der Waals surface area (Å²) in [6.45, 7) is 0.482. The summed E-state index contributed by atoms with van der Waals surface area (Å²) in [6, 6.07) is 4.20. The molecule has 0 aromatic heterocycles. The van der Waals surface area contributed by atoms with E-state index in [1.807, 2.05) is 0 Å². The summed E-state index contributed by atoms with van der Waals surface area (Å²) in [5.41, 5.74) is 0. The second-order valence-corrected chi connectivity index (χ2v) is 7.39. The first-order valence-corrected chi connectivity index (χ1v) is 8.74. The van der Waals surface area contributed by atoms with E-state index in [9.17, 15) is 12.8 Å². The lowest BCUT2D eigenvalue weighted by Gasteiger charge is -2.06. The SMILES string of the molecule is O=S(=O)(Cl)CCCCCCOc1ccc(F)c(Cl)c1. The zero-order chi connectivity index (χ0) is 14.3. The van der Waals surface area contributed by atoms with Crippen LogP contribution in [0.4, 0.5) is 4.39 Å². The fourth-order valence-electron chi connectivity index (χ4n) is 1.49. The molecule has 0 saturated heterocycles. The summed E-state index contributed by atoms with van der Waals surface area (Å²) in [4.78, 5) is 0. The lowest BCUT2D eigenvalue weighted by atomic mass is 10.2. The van der Waals surface area contributed by atoms with Gasteiger partial charge in [0.15, 0.2) is 0 Å². The van der Waals surface area contributed by atoms with Crippen LogP contribution in [0.5, 0.6) is 5.75 Å². The van der Waals surface area contributed by atoms with Crippen LogP contribution in [0.25, 0.3) is 0 Å². The molecule has 0 aliphatic heterocycles. The van der Waals surface area contributed by atoms with E-state index in [2.05, 4.69) is 0 Å². The van der Waals surface area contributed by atoms with Gasteiger partial charge >= 0.3 is 0 Å². The van der Waals surface area contributed by atoms with Gasteiger partial charge in [-0.2, -0.15) is 0 Å². The standard InChI is InChI=1S/C12H15Cl2FO3S/c13-11-9-10(5-6-12(11)15)18-7-3-1-2-4-8-19(14,16)17/h5-6,9H,1-4,7-8H2. The minimum absolute atomic E-state index is 0.00296. The van der Waals surface area contributed by atoms with E-state index in [0.29, 0.717) is 18.8 Å². The fourth-order valence-corrected chi connectivity index (χ4v) is 2.53. The first-order chi connectivity index (χ1) is 8.88. The number of hydrogen-bond acceptors (Lipinski definition) is 3. The van der Waals surface area contributed by atoms with E-state index < -0.39 is 14.9 Å². The van der Waals surface area contributed by atoms with Crippen molar-refractivity contribution in [3.63, 3.8) is 0 Å². The summed E-state index contributed by atoms with van der Waals surface area (Å²) in [5, 5.41) is 0.0322. The highest BCUT2D eigenvalue weighted by Crippen LogP contribution is 2.21. The highest BCUT2D eigenvalue weighted by Gasteiger charge is 2.04. The van der Waals surface area contributed by atoms with E-state index in [-0.39, 0.29) is 10.8 Å². The Bertz CT molecular complexity index is 506. The molecule has 0 atom stereocenters. The Morgan fingerprint density at radius 1 is 1.16 bits per heavy atom. The molecule has 0 heterocycles. The molecule has 1 aromatic carbocycles. The number of benzene rings is 1. The maximum absolute atomic E-state index is 12.9. The van der Waals surface area contributed by atoms with Crippen LogP contribution in [0, 0.1) is 5.82 Å². The highest BCUT2D eigenvalue weighted by molar-refractivity contribution is 8.13. The van der Waals surface area contributed by atoms with Gasteiger partial charge < -0.3 is 4.74 Å². The third kappa shape index (κ3) is 7.60. The highest BCUT2D eigenvalue weighted by atomic mass is 35.7. The van der Waals surface area contributed by atoms with Gasteiger partial charge in [-0.25, -0.2) is 12.8 Å². The molecule has 0 saturated carbocycles. The fraction of sp³-hybridized carbons (Fsp3) is 0.500. The van der Waals surface area contributed by atoms with Crippen molar-refractivity contribution in [3.8, 4) is 5.75 Å². The molecule has 0 spiro atoms. The average molecular weight is 329 g/mol. The van der Waals surface area contributed by atoms with Crippen molar-refractivity contribution < 1.29 is 17.5 Å². The second kappa shape index (κ2) is 7.92. The topological polar surface area (TPSA) is 43.4 Å². The van der Waals surface area contributed by atoms with Gasteiger partial charge in [-0.3, -0.25) is 0 Å². The molecule has 1 aromatic rings. The molecule has 0 aliphatic carbocycles. The number of unbranched alkanes of at least 4 members (excludes halogenated alkanes) is 3. The van der Waals surface area contributed by atoms with Crippen LogP contribution in [0.15, 0.2) is 18.2 Å². The van der Waals surface area contributed by atoms with Gasteiger partial charge in [0.2, 0.25) is 9.05 Å². The van der Waals surface area contributed by atoms with Crippen molar-refractivity contribution in [1.29, 1.82) is 0 Å². The minimum atomic E-state index is -3.38. The normalized spacial score (nSPS) is 11.5. The third-order valence-electron chi connectivity index (χ3n) is 2.44. The predicted octanol–water partition coefficient (Wildman–Crippen LogP) is 3.99. The molecule has 0 fully saturated rings. The molecular formula is C12H15Cl2FO3S. The van der Waals surface area contributed by atoms with E-state index in [1.54, 1.807) is 0 Å². The summed E-state index contributed by atoms with van der Waals surface area (Å²) >= 11 is 5.61. The number of halogens is 3. The van der Waals surface area contributed by atoms with Crippen LogP contribution in [0.1, 0.15) is 25.7 Å². The lowest BCUT2D eigenvalue weighted by molar-refractivity contribution is 0.304. The van der Waals surface area contributed by atoms with Crippen LogP contribution >= 0.6 is 22.3 Å². The summed E-state index contributed by atoms with van der Waals surface area (Å²) in [7, 11) is 1.71. The largest absolute Gasteiger partial charge is 0.494 e. The van der Waals surface area contributed by atoms with Gasteiger partial charge in [-0.15, -0.1) is 0 Å². The van der Waals surface area contributed by atoms with Crippen molar-refractivity contribution in [2.75, 3.05) is 12.4 Å². The van der Waals surface area contributed by atoms with Crippen molar-refractivity contribution in [2.24, 2.45) is 0 Å². The van der Waals surface area contributed by atoms with Gasteiger partial charge in [-0.05, 0) is 25.0 Å². The molecule has 0 radical (unpaired) electrons. The minimum Gasteiger partial charge on any atom is -0.494 e. The molecule has 19 heavy (non-hydrogen) atoms. The van der Waals surface area contributed by atoms with Crippen molar-refractivity contribution >= 4 is 31.3 Å². The molecule has 0 bridgehead atoms. The summed E-state index contributed by atoms with van der Waals surface area (Å²) in [6.07, 6.45) is 2.96. The summed E-state index contributed by atoms with van der Waals surface area (Å²) < 4.78 is 39.6. The first-order valence-electron chi connectivity index (χ1n) is 5.89. The van der Waals surface area contributed by atoms with Gasteiger partial charge in [0.25, 0.3) is 0 Å². The number of rotatable bonds is 8. The van der Waals surface area contributed by atoms with Crippen LogP contribution in [-0.2, 0) is 9.05 Å². The smallest absolute Gasteiger partial charge is 0.232 e.